The van der Waals surface area contributed by atoms with Gasteiger partial charge < -0.3 is 10.1 Å². The SMILES string of the molecule is CC(C)Oc1cccc([C@H](C)NC(=O)CN(C)S(C)(=O)=O)c1. The Bertz CT molecular complexity index is 614. The van der Waals surface area contributed by atoms with Crippen molar-refractivity contribution in [2.45, 2.75) is 32.9 Å². The number of hydrogen-bond acceptors (Lipinski definition) is 4. The summed E-state index contributed by atoms with van der Waals surface area (Å²) in [4.78, 5) is 11.9. The Kier molecular flexibility index (Phi) is 6.37. The van der Waals surface area contributed by atoms with E-state index in [9.17, 15) is 13.2 Å². The number of carbonyl (C=O) groups is 1. The Morgan fingerprint density at radius 1 is 1.32 bits per heavy atom. The Hall–Kier alpha value is -1.60. The van der Waals surface area contributed by atoms with Crippen LogP contribution in [0.15, 0.2) is 24.3 Å². The van der Waals surface area contributed by atoms with Crippen molar-refractivity contribution in [3.8, 4) is 5.75 Å². The van der Waals surface area contributed by atoms with Crippen LogP contribution in [0.2, 0.25) is 0 Å². The number of ether oxygens (including phenoxy) is 1. The van der Waals surface area contributed by atoms with Crippen molar-refractivity contribution in [3.05, 3.63) is 29.8 Å². The number of likely N-dealkylation sites (N-methyl/N-ethyl adjacent to an activating group) is 1. The minimum atomic E-state index is -3.37. The average molecular weight is 328 g/mol. The summed E-state index contributed by atoms with van der Waals surface area (Å²) in [6.07, 6.45) is 1.14. The second-order valence-corrected chi connectivity index (χ2v) is 7.64. The fourth-order valence-electron chi connectivity index (χ4n) is 1.82. The lowest BCUT2D eigenvalue weighted by molar-refractivity contribution is -0.121. The molecular weight excluding hydrogens is 304 g/mol. The topological polar surface area (TPSA) is 75.7 Å². The fourth-order valence-corrected chi connectivity index (χ4v) is 2.17. The zero-order chi connectivity index (χ0) is 16.9. The van der Waals surface area contributed by atoms with Gasteiger partial charge in [0.2, 0.25) is 15.9 Å². The molecule has 0 spiro atoms. The fraction of sp³-hybridized carbons (Fsp3) is 0.533. The van der Waals surface area contributed by atoms with Crippen molar-refractivity contribution in [1.29, 1.82) is 0 Å². The van der Waals surface area contributed by atoms with Crippen LogP contribution in [0.4, 0.5) is 0 Å². The molecule has 0 aliphatic rings. The van der Waals surface area contributed by atoms with Gasteiger partial charge in [-0.2, -0.15) is 4.31 Å². The summed E-state index contributed by atoms with van der Waals surface area (Å²) in [6, 6.07) is 7.23. The van der Waals surface area contributed by atoms with E-state index in [2.05, 4.69) is 5.32 Å². The summed E-state index contributed by atoms with van der Waals surface area (Å²) in [5.74, 6) is 0.387. The normalized spacial score (nSPS) is 13.2. The van der Waals surface area contributed by atoms with E-state index in [0.717, 1.165) is 21.9 Å². The molecule has 0 aliphatic heterocycles. The number of nitrogens with zero attached hydrogens (tertiary/aromatic N) is 1. The van der Waals surface area contributed by atoms with E-state index in [1.165, 1.54) is 7.05 Å². The Morgan fingerprint density at radius 3 is 2.50 bits per heavy atom. The van der Waals surface area contributed by atoms with Crippen LogP contribution in [0, 0.1) is 0 Å². The molecule has 0 bridgehead atoms. The molecule has 22 heavy (non-hydrogen) atoms. The van der Waals surface area contributed by atoms with Crippen molar-refractivity contribution in [2.75, 3.05) is 19.8 Å². The summed E-state index contributed by atoms with van der Waals surface area (Å²) in [5, 5.41) is 2.78. The predicted molar refractivity (Wildman–Crippen MR) is 86.2 cm³/mol. The van der Waals surface area contributed by atoms with Crippen LogP contribution in [0.3, 0.4) is 0 Å². The molecule has 0 heterocycles. The zero-order valence-corrected chi connectivity index (χ0v) is 14.5. The lowest BCUT2D eigenvalue weighted by atomic mass is 10.1. The smallest absolute Gasteiger partial charge is 0.235 e. The minimum Gasteiger partial charge on any atom is -0.491 e. The highest BCUT2D eigenvalue weighted by Crippen LogP contribution is 2.20. The largest absolute Gasteiger partial charge is 0.491 e. The molecular formula is C15H24N2O4S. The van der Waals surface area contributed by atoms with Gasteiger partial charge >= 0.3 is 0 Å². The van der Waals surface area contributed by atoms with Crippen LogP contribution in [-0.4, -0.2) is 44.6 Å². The molecule has 124 valence electrons. The predicted octanol–water partition coefficient (Wildman–Crippen LogP) is 1.54. The van der Waals surface area contributed by atoms with Crippen molar-refractivity contribution in [3.63, 3.8) is 0 Å². The first kappa shape index (κ1) is 18.4. The number of sulfonamides is 1. The van der Waals surface area contributed by atoms with Crippen molar-refractivity contribution in [1.82, 2.24) is 9.62 Å². The Morgan fingerprint density at radius 2 is 1.95 bits per heavy atom. The van der Waals surface area contributed by atoms with Gasteiger partial charge in [-0.3, -0.25) is 4.79 Å². The molecule has 6 nitrogen and oxygen atoms in total. The van der Waals surface area contributed by atoms with Gasteiger partial charge in [0.05, 0.1) is 24.9 Å². The second kappa shape index (κ2) is 7.60. The molecule has 0 saturated carbocycles. The van der Waals surface area contributed by atoms with E-state index < -0.39 is 10.0 Å². The van der Waals surface area contributed by atoms with Gasteiger partial charge in [0.15, 0.2) is 0 Å². The number of benzene rings is 1. The van der Waals surface area contributed by atoms with Crippen molar-refractivity contribution >= 4 is 15.9 Å². The maximum absolute atomic E-state index is 11.9. The Balaban J connectivity index is 2.68. The Labute approximate surface area is 132 Å². The van der Waals surface area contributed by atoms with Gasteiger partial charge in [-0.15, -0.1) is 0 Å². The van der Waals surface area contributed by atoms with E-state index in [-0.39, 0.29) is 24.6 Å². The molecule has 1 aromatic rings. The third kappa shape index (κ3) is 6.03. The first-order chi connectivity index (χ1) is 10.1. The molecule has 1 amide bonds. The maximum Gasteiger partial charge on any atom is 0.235 e. The third-order valence-electron chi connectivity index (χ3n) is 3.04. The summed E-state index contributed by atoms with van der Waals surface area (Å²) in [7, 11) is -1.99. The van der Waals surface area contributed by atoms with Gasteiger partial charge in [0.25, 0.3) is 0 Å². The van der Waals surface area contributed by atoms with Crippen molar-refractivity contribution < 1.29 is 17.9 Å². The molecule has 0 radical (unpaired) electrons. The summed E-state index contributed by atoms with van der Waals surface area (Å²) >= 11 is 0. The van der Waals surface area contributed by atoms with E-state index in [1.807, 2.05) is 45.0 Å². The molecule has 0 fully saturated rings. The molecule has 0 saturated heterocycles. The monoisotopic (exact) mass is 328 g/mol. The second-order valence-electron chi connectivity index (χ2n) is 5.55. The van der Waals surface area contributed by atoms with Crippen LogP contribution in [0.1, 0.15) is 32.4 Å². The van der Waals surface area contributed by atoms with Crippen LogP contribution in [-0.2, 0) is 14.8 Å². The summed E-state index contributed by atoms with van der Waals surface area (Å²) in [6.45, 7) is 5.52. The van der Waals surface area contributed by atoms with E-state index in [1.54, 1.807) is 0 Å². The minimum absolute atomic E-state index is 0.0727. The standard InChI is InChI=1S/C15H24N2O4S/c1-11(2)21-14-8-6-7-13(9-14)12(3)16-15(18)10-17(4)22(5,19)20/h6-9,11-12H,10H2,1-5H3,(H,16,18)/t12-/m0/s1. The lowest BCUT2D eigenvalue weighted by Gasteiger charge is -2.19. The number of rotatable bonds is 7. The molecule has 0 aromatic heterocycles. The highest BCUT2D eigenvalue weighted by Gasteiger charge is 2.17. The average Bonchev–Trinajstić information content (AvgIpc) is 2.36. The number of carbonyl (C=O) groups excluding carboxylic acids is 1. The first-order valence-electron chi connectivity index (χ1n) is 7.07. The van der Waals surface area contributed by atoms with Gasteiger partial charge in [-0.25, -0.2) is 8.42 Å². The number of amides is 1. The number of hydrogen-bond donors (Lipinski definition) is 1. The molecule has 1 atom stereocenters. The van der Waals surface area contributed by atoms with Gasteiger partial charge in [-0.05, 0) is 38.5 Å². The molecule has 1 aromatic carbocycles. The van der Waals surface area contributed by atoms with Crippen LogP contribution >= 0.6 is 0 Å². The lowest BCUT2D eigenvalue weighted by Crippen LogP contribution is -2.38. The summed E-state index contributed by atoms with van der Waals surface area (Å²) in [5.41, 5.74) is 0.897. The van der Waals surface area contributed by atoms with Crippen LogP contribution < -0.4 is 10.1 Å². The van der Waals surface area contributed by atoms with Gasteiger partial charge in [-0.1, -0.05) is 12.1 Å². The van der Waals surface area contributed by atoms with Gasteiger partial charge in [0.1, 0.15) is 5.75 Å². The molecule has 0 unspecified atom stereocenters. The van der Waals surface area contributed by atoms with Gasteiger partial charge in [0, 0.05) is 7.05 Å². The zero-order valence-electron chi connectivity index (χ0n) is 13.7. The highest BCUT2D eigenvalue weighted by molar-refractivity contribution is 7.88. The molecule has 7 heteroatoms. The van der Waals surface area contributed by atoms with Crippen molar-refractivity contribution in [2.24, 2.45) is 0 Å². The molecule has 0 aliphatic carbocycles. The van der Waals surface area contributed by atoms with E-state index in [4.69, 9.17) is 4.74 Å². The van der Waals surface area contributed by atoms with Crippen LogP contribution in [0.25, 0.3) is 0 Å². The third-order valence-corrected chi connectivity index (χ3v) is 4.30. The van der Waals surface area contributed by atoms with Crippen LogP contribution in [0.5, 0.6) is 5.75 Å². The quantitative estimate of drug-likeness (QED) is 0.824. The number of nitrogens with one attached hydrogen (secondary N) is 1. The van der Waals surface area contributed by atoms with E-state index in [0.29, 0.717) is 0 Å². The van der Waals surface area contributed by atoms with E-state index >= 15 is 0 Å². The maximum atomic E-state index is 11.9. The summed E-state index contributed by atoms with van der Waals surface area (Å²) < 4.78 is 29.2. The highest BCUT2D eigenvalue weighted by atomic mass is 32.2. The molecule has 1 rings (SSSR count). The molecule has 1 N–H and O–H groups in total. The first-order valence-corrected chi connectivity index (χ1v) is 8.91.